The van der Waals surface area contributed by atoms with Gasteiger partial charge in [0.1, 0.15) is 0 Å². The van der Waals surface area contributed by atoms with E-state index >= 15 is 0 Å². The Hall–Kier alpha value is -0.470. The summed E-state index contributed by atoms with van der Waals surface area (Å²) in [6.07, 6.45) is 2.57. The molecule has 2 heteroatoms. The van der Waals surface area contributed by atoms with Gasteiger partial charge in [-0.1, -0.05) is 12.1 Å². The molecule has 0 radical (unpaired) electrons. The summed E-state index contributed by atoms with van der Waals surface area (Å²) >= 11 is 4.38. The van der Waals surface area contributed by atoms with Gasteiger partial charge in [-0.15, -0.1) is 12.6 Å². The van der Waals surface area contributed by atoms with E-state index in [9.17, 15) is 0 Å². The minimum atomic E-state index is 0.748. The molecule has 1 aliphatic rings. The van der Waals surface area contributed by atoms with Gasteiger partial charge < -0.3 is 4.90 Å². The van der Waals surface area contributed by atoms with Crippen LogP contribution in [0.4, 0.5) is 0 Å². The van der Waals surface area contributed by atoms with Crippen molar-refractivity contribution in [3.8, 4) is 0 Å². The summed E-state index contributed by atoms with van der Waals surface area (Å²) in [5, 5.41) is 0. The Balaban J connectivity index is 2.08. The summed E-state index contributed by atoms with van der Waals surface area (Å²) in [6, 6.07) is 8.59. The van der Waals surface area contributed by atoms with E-state index in [0.717, 1.165) is 10.8 Å². The Bertz CT molecular complexity index is 303. The molecule has 0 unspecified atom stereocenters. The van der Waals surface area contributed by atoms with E-state index in [1.165, 1.54) is 31.5 Å². The van der Waals surface area contributed by atoms with Gasteiger partial charge in [0.15, 0.2) is 0 Å². The van der Waals surface area contributed by atoms with Crippen LogP contribution in [0.15, 0.2) is 29.2 Å². The summed E-state index contributed by atoms with van der Waals surface area (Å²) in [5.41, 5.74) is 1.46. The highest BCUT2D eigenvalue weighted by Gasteiger charge is 2.17. The number of nitrogens with zero attached hydrogens (tertiary/aromatic N) is 1. The van der Waals surface area contributed by atoms with E-state index in [2.05, 4.69) is 42.8 Å². The molecule has 76 valence electrons. The molecule has 0 atom stereocenters. The third-order valence-electron chi connectivity index (χ3n) is 3.06. The number of likely N-dealkylation sites (tertiary alicyclic amines) is 1. The van der Waals surface area contributed by atoms with Crippen LogP contribution in [0.2, 0.25) is 0 Å². The molecule has 0 bridgehead atoms. The second kappa shape index (κ2) is 4.37. The van der Waals surface area contributed by atoms with Crippen LogP contribution in [-0.2, 0) is 0 Å². The molecule has 0 spiro atoms. The zero-order valence-electron chi connectivity index (χ0n) is 8.61. The van der Waals surface area contributed by atoms with Crippen LogP contribution in [0.1, 0.15) is 24.3 Å². The first-order valence-corrected chi connectivity index (χ1v) is 5.68. The van der Waals surface area contributed by atoms with Gasteiger partial charge in [0.05, 0.1) is 0 Å². The van der Waals surface area contributed by atoms with Crippen LogP contribution in [0.3, 0.4) is 0 Å². The second-order valence-corrected chi connectivity index (χ2v) is 4.69. The molecule has 0 N–H and O–H groups in total. The Morgan fingerprint density at radius 3 is 2.64 bits per heavy atom. The average molecular weight is 207 g/mol. The minimum Gasteiger partial charge on any atom is -0.306 e. The van der Waals surface area contributed by atoms with Gasteiger partial charge in [0, 0.05) is 4.90 Å². The van der Waals surface area contributed by atoms with Crippen LogP contribution in [0, 0.1) is 0 Å². The Morgan fingerprint density at radius 1 is 1.29 bits per heavy atom. The molecule has 0 aromatic heterocycles. The van der Waals surface area contributed by atoms with Crippen LogP contribution >= 0.6 is 12.6 Å². The molecular weight excluding hydrogens is 190 g/mol. The number of piperidine rings is 1. The fourth-order valence-corrected chi connectivity index (χ4v) is 2.36. The van der Waals surface area contributed by atoms with E-state index in [-0.39, 0.29) is 0 Å². The lowest BCUT2D eigenvalue weighted by molar-refractivity contribution is 0.255. The lowest BCUT2D eigenvalue weighted by atomic mass is 9.90. The van der Waals surface area contributed by atoms with Crippen molar-refractivity contribution in [1.82, 2.24) is 4.90 Å². The van der Waals surface area contributed by atoms with Gasteiger partial charge in [0.2, 0.25) is 0 Å². The predicted octanol–water partition coefficient (Wildman–Crippen LogP) is 2.78. The standard InChI is InChI=1S/C12H17NS/c1-13-7-5-10(6-8-13)11-3-2-4-12(14)9-11/h2-4,9-10,14H,5-8H2,1H3. The zero-order valence-corrected chi connectivity index (χ0v) is 9.50. The van der Waals surface area contributed by atoms with Gasteiger partial charge in [-0.05, 0) is 56.6 Å². The average Bonchev–Trinajstić information content (AvgIpc) is 2.19. The number of thiol groups is 1. The fourth-order valence-electron chi connectivity index (χ4n) is 2.12. The van der Waals surface area contributed by atoms with E-state index in [1.54, 1.807) is 0 Å². The number of benzene rings is 1. The largest absolute Gasteiger partial charge is 0.306 e. The second-order valence-electron chi connectivity index (χ2n) is 4.17. The summed E-state index contributed by atoms with van der Waals surface area (Å²) in [6.45, 7) is 2.45. The summed E-state index contributed by atoms with van der Waals surface area (Å²) in [5.74, 6) is 0.748. The van der Waals surface area contributed by atoms with Crippen molar-refractivity contribution < 1.29 is 0 Å². The van der Waals surface area contributed by atoms with E-state index in [4.69, 9.17) is 0 Å². The fraction of sp³-hybridized carbons (Fsp3) is 0.500. The van der Waals surface area contributed by atoms with Gasteiger partial charge in [-0.25, -0.2) is 0 Å². The quantitative estimate of drug-likeness (QED) is 0.693. The molecule has 1 aromatic rings. The summed E-state index contributed by atoms with van der Waals surface area (Å²) in [7, 11) is 2.20. The molecule has 0 amide bonds. The molecule has 1 saturated heterocycles. The van der Waals surface area contributed by atoms with Crippen molar-refractivity contribution in [2.45, 2.75) is 23.7 Å². The van der Waals surface area contributed by atoms with E-state index < -0.39 is 0 Å². The van der Waals surface area contributed by atoms with Gasteiger partial charge >= 0.3 is 0 Å². The highest BCUT2D eigenvalue weighted by Crippen LogP contribution is 2.28. The maximum Gasteiger partial charge on any atom is 0.00428 e. The molecule has 1 aromatic carbocycles. The number of rotatable bonds is 1. The molecule has 1 nitrogen and oxygen atoms in total. The van der Waals surface area contributed by atoms with E-state index in [0.29, 0.717) is 0 Å². The molecule has 1 aliphatic heterocycles. The highest BCUT2D eigenvalue weighted by atomic mass is 32.1. The molecule has 1 heterocycles. The van der Waals surface area contributed by atoms with Crippen LogP contribution in [-0.4, -0.2) is 25.0 Å². The number of hydrogen-bond donors (Lipinski definition) is 1. The smallest absolute Gasteiger partial charge is 0.00428 e. The monoisotopic (exact) mass is 207 g/mol. The molecule has 1 fully saturated rings. The first-order chi connectivity index (χ1) is 6.75. The van der Waals surface area contributed by atoms with Crippen LogP contribution in [0.25, 0.3) is 0 Å². The van der Waals surface area contributed by atoms with Gasteiger partial charge in [-0.2, -0.15) is 0 Å². The van der Waals surface area contributed by atoms with Crippen LogP contribution in [0.5, 0.6) is 0 Å². The van der Waals surface area contributed by atoms with Gasteiger partial charge in [-0.3, -0.25) is 0 Å². The third-order valence-corrected chi connectivity index (χ3v) is 3.34. The van der Waals surface area contributed by atoms with Crippen LogP contribution < -0.4 is 0 Å². The lowest BCUT2D eigenvalue weighted by Gasteiger charge is -2.29. The zero-order chi connectivity index (χ0) is 9.97. The minimum absolute atomic E-state index is 0.748. The van der Waals surface area contributed by atoms with Crippen molar-refractivity contribution in [3.63, 3.8) is 0 Å². The maximum atomic E-state index is 4.38. The molecule has 2 rings (SSSR count). The first-order valence-electron chi connectivity index (χ1n) is 5.23. The maximum absolute atomic E-state index is 4.38. The SMILES string of the molecule is CN1CCC(c2cccc(S)c2)CC1. The Morgan fingerprint density at radius 2 is 2.00 bits per heavy atom. The normalized spacial score (nSPS) is 19.9. The third kappa shape index (κ3) is 2.31. The van der Waals surface area contributed by atoms with Crippen molar-refractivity contribution in [2.24, 2.45) is 0 Å². The first kappa shape index (κ1) is 10.1. The summed E-state index contributed by atoms with van der Waals surface area (Å²) in [4.78, 5) is 3.49. The van der Waals surface area contributed by atoms with Crippen molar-refractivity contribution >= 4 is 12.6 Å². The highest BCUT2D eigenvalue weighted by molar-refractivity contribution is 7.80. The Labute approximate surface area is 91.5 Å². The van der Waals surface area contributed by atoms with E-state index in [1.807, 2.05) is 6.07 Å². The summed E-state index contributed by atoms with van der Waals surface area (Å²) < 4.78 is 0. The van der Waals surface area contributed by atoms with Gasteiger partial charge in [0.25, 0.3) is 0 Å². The van der Waals surface area contributed by atoms with Crippen molar-refractivity contribution in [1.29, 1.82) is 0 Å². The molecule has 14 heavy (non-hydrogen) atoms. The molecule has 0 saturated carbocycles. The van der Waals surface area contributed by atoms with Crippen molar-refractivity contribution in [3.05, 3.63) is 29.8 Å². The topological polar surface area (TPSA) is 3.24 Å². The number of hydrogen-bond acceptors (Lipinski definition) is 2. The predicted molar refractivity (Wildman–Crippen MR) is 63.2 cm³/mol. The molecular formula is C12H17NS. The lowest BCUT2D eigenvalue weighted by Crippen LogP contribution is -2.29. The van der Waals surface area contributed by atoms with Crippen molar-refractivity contribution in [2.75, 3.05) is 20.1 Å². The molecule has 0 aliphatic carbocycles. The Kier molecular flexibility index (Phi) is 3.14.